The Labute approximate surface area is 96.5 Å². The van der Waals surface area contributed by atoms with Crippen LogP contribution in [-0.2, 0) is 6.42 Å². The van der Waals surface area contributed by atoms with Crippen molar-refractivity contribution in [2.45, 2.75) is 6.42 Å². The molecule has 0 saturated carbocycles. The summed E-state index contributed by atoms with van der Waals surface area (Å²) in [5.41, 5.74) is 3.91. The summed E-state index contributed by atoms with van der Waals surface area (Å²) in [5, 5.41) is 0. The molecular weight excluding hydrogens is 252 g/mol. The maximum absolute atomic E-state index is 5.40. The number of hydrogen-bond acceptors (Lipinski definition) is 1. The number of halogens is 1. The third-order valence-electron chi connectivity index (χ3n) is 2.66. The third-order valence-corrected chi connectivity index (χ3v) is 3.15. The van der Waals surface area contributed by atoms with Crippen molar-refractivity contribution < 1.29 is 4.42 Å². The van der Waals surface area contributed by atoms with Crippen molar-refractivity contribution in [3.8, 4) is 0 Å². The van der Waals surface area contributed by atoms with Crippen LogP contribution in [0, 0.1) is 0 Å². The van der Waals surface area contributed by atoms with E-state index < -0.39 is 0 Å². The minimum atomic E-state index is 0.968. The molecule has 0 saturated heterocycles. The standard InChI is InChI=1S/C13H9BrO/c14-12-4-3-9-6-11(7-10(9)8-12)13-2-1-5-15-13/h1-5,7-8H,6H2. The Morgan fingerprint density at radius 1 is 1.20 bits per heavy atom. The molecule has 0 radical (unpaired) electrons. The van der Waals surface area contributed by atoms with Crippen molar-refractivity contribution in [1.29, 1.82) is 0 Å². The van der Waals surface area contributed by atoms with Crippen molar-refractivity contribution in [3.63, 3.8) is 0 Å². The molecule has 0 aliphatic heterocycles. The second kappa shape index (κ2) is 3.38. The molecule has 0 amide bonds. The van der Waals surface area contributed by atoms with Gasteiger partial charge in [-0.05, 0) is 47.0 Å². The zero-order chi connectivity index (χ0) is 10.3. The van der Waals surface area contributed by atoms with Crippen molar-refractivity contribution in [2.75, 3.05) is 0 Å². The maximum Gasteiger partial charge on any atom is 0.130 e. The number of fused-ring (bicyclic) bond motifs is 1. The number of allylic oxidation sites excluding steroid dienone is 1. The highest BCUT2D eigenvalue weighted by Gasteiger charge is 2.15. The second-order valence-corrected chi connectivity index (χ2v) is 4.58. The normalized spacial score (nSPS) is 13.8. The molecule has 2 aromatic rings. The lowest BCUT2D eigenvalue weighted by molar-refractivity contribution is 0.552. The first-order chi connectivity index (χ1) is 7.33. The fraction of sp³-hybridized carbons (Fsp3) is 0.0769. The SMILES string of the molecule is Brc1ccc2c(c1)C=C(c1ccco1)C2. The van der Waals surface area contributed by atoms with Gasteiger partial charge in [-0.2, -0.15) is 0 Å². The molecule has 1 heterocycles. The molecule has 0 atom stereocenters. The number of rotatable bonds is 1. The van der Waals surface area contributed by atoms with Gasteiger partial charge in [-0.15, -0.1) is 0 Å². The van der Waals surface area contributed by atoms with E-state index in [1.54, 1.807) is 6.26 Å². The predicted molar refractivity (Wildman–Crippen MR) is 64.4 cm³/mol. The van der Waals surface area contributed by atoms with Gasteiger partial charge >= 0.3 is 0 Å². The highest BCUT2D eigenvalue weighted by Crippen LogP contribution is 2.33. The monoisotopic (exact) mass is 260 g/mol. The number of hydrogen-bond donors (Lipinski definition) is 0. The van der Waals surface area contributed by atoms with E-state index in [-0.39, 0.29) is 0 Å². The Kier molecular flexibility index (Phi) is 2.03. The highest BCUT2D eigenvalue weighted by atomic mass is 79.9. The summed E-state index contributed by atoms with van der Waals surface area (Å²) in [6.07, 6.45) is 4.88. The molecule has 2 heteroatoms. The molecule has 74 valence electrons. The Morgan fingerprint density at radius 3 is 2.93 bits per heavy atom. The first-order valence-electron chi connectivity index (χ1n) is 4.86. The molecule has 0 N–H and O–H groups in total. The highest BCUT2D eigenvalue weighted by molar-refractivity contribution is 9.10. The molecule has 1 aromatic heterocycles. The lowest BCUT2D eigenvalue weighted by Crippen LogP contribution is -1.83. The van der Waals surface area contributed by atoms with Crippen LogP contribution in [0.3, 0.4) is 0 Å². The summed E-state index contributed by atoms with van der Waals surface area (Å²) in [4.78, 5) is 0. The summed E-state index contributed by atoms with van der Waals surface area (Å²) >= 11 is 3.48. The van der Waals surface area contributed by atoms with E-state index in [1.165, 1.54) is 16.7 Å². The van der Waals surface area contributed by atoms with Crippen LogP contribution in [-0.4, -0.2) is 0 Å². The molecule has 3 rings (SSSR count). The van der Waals surface area contributed by atoms with Gasteiger partial charge in [0.2, 0.25) is 0 Å². The summed E-state index contributed by atoms with van der Waals surface area (Å²) in [5.74, 6) is 0.974. The largest absolute Gasteiger partial charge is 0.465 e. The van der Waals surface area contributed by atoms with Crippen LogP contribution in [0.5, 0.6) is 0 Å². The van der Waals surface area contributed by atoms with Crippen LogP contribution < -0.4 is 0 Å². The Hall–Kier alpha value is -1.28. The number of furan rings is 1. The molecule has 1 aliphatic carbocycles. The fourth-order valence-electron chi connectivity index (χ4n) is 1.92. The first-order valence-corrected chi connectivity index (χ1v) is 5.65. The summed E-state index contributed by atoms with van der Waals surface area (Å²) in [7, 11) is 0. The quantitative estimate of drug-likeness (QED) is 0.751. The molecular formula is C13H9BrO. The van der Waals surface area contributed by atoms with Crippen molar-refractivity contribution >= 4 is 27.6 Å². The van der Waals surface area contributed by atoms with Gasteiger partial charge in [0.15, 0.2) is 0 Å². The summed E-state index contributed by atoms with van der Waals surface area (Å²) in [6.45, 7) is 0. The zero-order valence-electron chi connectivity index (χ0n) is 8.03. The van der Waals surface area contributed by atoms with E-state index >= 15 is 0 Å². The summed E-state index contributed by atoms with van der Waals surface area (Å²) < 4.78 is 6.52. The van der Waals surface area contributed by atoms with Gasteiger partial charge in [0.1, 0.15) is 5.76 Å². The first kappa shape index (κ1) is 8.98. The van der Waals surface area contributed by atoms with Crippen LogP contribution in [0.4, 0.5) is 0 Å². The molecule has 1 aliphatic rings. The van der Waals surface area contributed by atoms with Crippen molar-refractivity contribution in [3.05, 3.63) is 58.0 Å². The number of benzene rings is 1. The van der Waals surface area contributed by atoms with E-state index in [1.807, 2.05) is 12.1 Å². The van der Waals surface area contributed by atoms with Crippen LogP contribution in [0.25, 0.3) is 11.6 Å². The lowest BCUT2D eigenvalue weighted by atomic mass is 10.1. The molecule has 1 aromatic carbocycles. The Balaban J connectivity index is 2.04. The van der Waals surface area contributed by atoms with Crippen molar-refractivity contribution in [1.82, 2.24) is 0 Å². The Bertz CT molecular complexity index is 523. The average Bonchev–Trinajstić information content (AvgIpc) is 2.84. The minimum Gasteiger partial charge on any atom is -0.465 e. The van der Waals surface area contributed by atoms with Crippen LogP contribution in [0.2, 0.25) is 0 Å². The maximum atomic E-state index is 5.40. The smallest absolute Gasteiger partial charge is 0.130 e. The van der Waals surface area contributed by atoms with Gasteiger partial charge < -0.3 is 4.42 Å². The van der Waals surface area contributed by atoms with E-state index in [0.717, 1.165) is 16.7 Å². The Morgan fingerprint density at radius 2 is 2.13 bits per heavy atom. The van der Waals surface area contributed by atoms with Gasteiger partial charge in [0, 0.05) is 10.9 Å². The molecule has 0 unspecified atom stereocenters. The molecule has 1 nitrogen and oxygen atoms in total. The van der Waals surface area contributed by atoms with Crippen LogP contribution in [0.1, 0.15) is 16.9 Å². The third kappa shape index (κ3) is 1.55. The second-order valence-electron chi connectivity index (χ2n) is 3.67. The summed E-state index contributed by atoms with van der Waals surface area (Å²) in [6, 6.07) is 10.3. The van der Waals surface area contributed by atoms with E-state index in [4.69, 9.17) is 4.42 Å². The molecule has 0 fully saturated rings. The van der Waals surface area contributed by atoms with Gasteiger partial charge in [0.05, 0.1) is 6.26 Å². The fourth-order valence-corrected chi connectivity index (χ4v) is 2.30. The predicted octanol–water partition coefficient (Wildman–Crippen LogP) is 4.14. The van der Waals surface area contributed by atoms with E-state index in [2.05, 4.69) is 40.2 Å². The molecule has 15 heavy (non-hydrogen) atoms. The van der Waals surface area contributed by atoms with Gasteiger partial charge in [-0.25, -0.2) is 0 Å². The molecule has 0 bridgehead atoms. The van der Waals surface area contributed by atoms with E-state index in [9.17, 15) is 0 Å². The van der Waals surface area contributed by atoms with Crippen LogP contribution >= 0.6 is 15.9 Å². The van der Waals surface area contributed by atoms with E-state index in [0.29, 0.717) is 0 Å². The van der Waals surface area contributed by atoms with Crippen LogP contribution in [0.15, 0.2) is 45.5 Å². The molecule has 0 spiro atoms. The van der Waals surface area contributed by atoms with Gasteiger partial charge in [0.25, 0.3) is 0 Å². The minimum absolute atomic E-state index is 0.968. The topological polar surface area (TPSA) is 13.1 Å². The zero-order valence-corrected chi connectivity index (χ0v) is 9.62. The van der Waals surface area contributed by atoms with Gasteiger partial charge in [-0.3, -0.25) is 0 Å². The average molecular weight is 261 g/mol. The lowest BCUT2D eigenvalue weighted by Gasteiger charge is -1.98. The van der Waals surface area contributed by atoms with Crippen molar-refractivity contribution in [2.24, 2.45) is 0 Å². The van der Waals surface area contributed by atoms with Gasteiger partial charge in [-0.1, -0.05) is 22.0 Å².